The SMILES string of the molecule is Cc1ccc(N=C2C(=O)N(c3c(Cl)cc(Cl)cc3Cl)N=C2NC(=O)c2cccc(NC(=O)COc3ccc(C)cc3C)c2)c(C)c1. The molecule has 0 saturated heterocycles. The number of nitrogens with one attached hydrogen (secondary N) is 2. The van der Waals surface area contributed by atoms with Gasteiger partial charge >= 0.3 is 5.91 Å². The van der Waals surface area contributed by atoms with Gasteiger partial charge in [0, 0.05) is 16.3 Å². The maximum Gasteiger partial charge on any atom is 0.301 e. The fraction of sp³-hybridized carbons (Fsp3) is 0.147. The number of anilines is 2. The highest BCUT2D eigenvalue weighted by Crippen LogP contribution is 2.38. The summed E-state index contributed by atoms with van der Waals surface area (Å²) in [5, 5.41) is 11.2. The Labute approximate surface area is 280 Å². The van der Waals surface area contributed by atoms with Gasteiger partial charge in [0.1, 0.15) is 11.4 Å². The Morgan fingerprint density at radius 1 is 0.848 bits per heavy atom. The Balaban J connectivity index is 1.39. The van der Waals surface area contributed by atoms with Crippen molar-refractivity contribution in [2.45, 2.75) is 27.7 Å². The fourth-order valence-electron chi connectivity index (χ4n) is 4.74. The van der Waals surface area contributed by atoms with Gasteiger partial charge in [0.15, 0.2) is 18.2 Å². The number of halogens is 3. The zero-order chi connectivity index (χ0) is 33.1. The normalized spacial score (nSPS) is 13.5. The maximum absolute atomic E-state index is 13.7. The number of nitrogens with zero attached hydrogens (tertiary/aromatic N) is 3. The third-order valence-electron chi connectivity index (χ3n) is 6.93. The van der Waals surface area contributed by atoms with Crippen molar-refractivity contribution in [3.63, 3.8) is 0 Å². The number of hydrogen-bond acceptors (Lipinski definition) is 6. The number of benzene rings is 4. The Bertz CT molecular complexity index is 1930. The molecule has 0 bridgehead atoms. The van der Waals surface area contributed by atoms with E-state index >= 15 is 0 Å². The Hall–Kier alpha value is -4.70. The van der Waals surface area contributed by atoms with Crippen LogP contribution in [0.15, 0.2) is 82.9 Å². The van der Waals surface area contributed by atoms with Gasteiger partial charge in [-0.05, 0) is 81.3 Å². The highest BCUT2D eigenvalue weighted by molar-refractivity contribution is 6.72. The molecule has 0 aromatic heterocycles. The average Bonchev–Trinajstić information content (AvgIpc) is 3.27. The molecule has 1 heterocycles. The van der Waals surface area contributed by atoms with Crippen LogP contribution in [0.5, 0.6) is 5.75 Å². The van der Waals surface area contributed by atoms with Crippen molar-refractivity contribution < 1.29 is 19.1 Å². The number of amides is 3. The summed E-state index contributed by atoms with van der Waals surface area (Å²) in [7, 11) is 0. The van der Waals surface area contributed by atoms with E-state index in [-0.39, 0.29) is 44.5 Å². The molecule has 4 aromatic carbocycles. The molecule has 4 aromatic rings. The van der Waals surface area contributed by atoms with Crippen molar-refractivity contribution in [3.05, 3.63) is 116 Å². The first kappa shape index (κ1) is 32.7. The van der Waals surface area contributed by atoms with Crippen LogP contribution in [-0.2, 0) is 9.59 Å². The number of hydrogen-bond donors (Lipinski definition) is 2. The standard InChI is InChI=1S/C34H28Cl3N5O4/c1-18-8-10-27(20(3)12-18)39-30-32(41-42(34(30)45)31-25(36)15-23(35)16-26(31)37)40-33(44)22-6-5-7-24(14-22)38-29(43)17-46-28-11-9-19(2)13-21(28)4/h5-16H,17H2,1-4H3,(H,38,43)(H,40,41,44). The fourth-order valence-corrected chi connectivity index (χ4v) is 5.72. The zero-order valence-corrected chi connectivity index (χ0v) is 27.5. The van der Waals surface area contributed by atoms with E-state index in [1.165, 1.54) is 18.2 Å². The minimum atomic E-state index is -0.661. The van der Waals surface area contributed by atoms with Gasteiger partial charge in [-0.15, -0.1) is 5.10 Å². The predicted octanol–water partition coefficient (Wildman–Crippen LogP) is 7.76. The summed E-state index contributed by atoms with van der Waals surface area (Å²) in [5.74, 6) is -1.18. The third-order valence-corrected chi connectivity index (χ3v) is 7.72. The number of aliphatic imine (C=N–C) groups is 1. The Morgan fingerprint density at radius 2 is 1.52 bits per heavy atom. The number of carbonyl (C=O) groups excluding carboxylic acids is 3. The number of ether oxygens (including phenoxy) is 1. The summed E-state index contributed by atoms with van der Waals surface area (Å²) in [6, 6.07) is 20.4. The molecule has 0 atom stereocenters. The molecule has 0 radical (unpaired) electrons. The van der Waals surface area contributed by atoms with Gasteiger partial charge in [0.05, 0.1) is 15.7 Å². The molecule has 0 aliphatic carbocycles. The predicted molar refractivity (Wildman–Crippen MR) is 183 cm³/mol. The van der Waals surface area contributed by atoms with E-state index in [9.17, 15) is 14.4 Å². The quantitative estimate of drug-likeness (QED) is 0.208. The maximum atomic E-state index is 13.7. The molecule has 3 amide bonds. The van der Waals surface area contributed by atoms with Crippen LogP contribution in [0.3, 0.4) is 0 Å². The van der Waals surface area contributed by atoms with Crippen LogP contribution < -0.4 is 20.4 Å². The number of carbonyl (C=O) groups is 3. The second-order valence-corrected chi connectivity index (χ2v) is 11.9. The number of aryl methyl sites for hydroxylation is 4. The van der Waals surface area contributed by atoms with Gasteiger partial charge in [0.2, 0.25) is 0 Å². The van der Waals surface area contributed by atoms with Crippen molar-refractivity contribution in [1.82, 2.24) is 5.32 Å². The van der Waals surface area contributed by atoms with E-state index in [4.69, 9.17) is 39.5 Å². The Morgan fingerprint density at radius 3 is 2.20 bits per heavy atom. The van der Waals surface area contributed by atoms with E-state index in [1.54, 1.807) is 24.3 Å². The molecule has 46 heavy (non-hydrogen) atoms. The van der Waals surface area contributed by atoms with Gasteiger partial charge in [-0.1, -0.05) is 76.3 Å². The van der Waals surface area contributed by atoms with E-state index in [0.717, 1.165) is 27.3 Å². The highest BCUT2D eigenvalue weighted by atomic mass is 35.5. The second kappa shape index (κ2) is 13.7. The first-order valence-electron chi connectivity index (χ1n) is 14.0. The molecule has 9 nitrogen and oxygen atoms in total. The van der Waals surface area contributed by atoms with Crippen LogP contribution in [0, 0.1) is 27.7 Å². The molecule has 0 spiro atoms. The van der Waals surface area contributed by atoms with Crippen LogP contribution >= 0.6 is 34.8 Å². The molecule has 5 rings (SSSR count). The van der Waals surface area contributed by atoms with Crippen LogP contribution in [0.2, 0.25) is 15.1 Å². The van der Waals surface area contributed by atoms with Gasteiger partial charge in [-0.25, -0.2) is 4.99 Å². The van der Waals surface area contributed by atoms with E-state index < -0.39 is 17.7 Å². The minimum Gasteiger partial charge on any atom is -0.483 e. The molecule has 2 N–H and O–H groups in total. The highest BCUT2D eigenvalue weighted by Gasteiger charge is 2.36. The lowest BCUT2D eigenvalue weighted by atomic mass is 10.1. The third kappa shape index (κ3) is 7.39. The monoisotopic (exact) mass is 675 g/mol. The van der Waals surface area contributed by atoms with Crippen molar-refractivity contribution in [2.75, 3.05) is 16.9 Å². The first-order chi connectivity index (χ1) is 21.9. The summed E-state index contributed by atoms with van der Waals surface area (Å²) in [5.41, 5.74) is 4.87. The molecule has 1 aliphatic heterocycles. The molecular weight excluding hydrogens is 649 g/mol. The molecule has 12 heteroatoms. The number of amidine groups is 1. The molecule has 234 valence electrons. The minimum absolute atomic E-state index is 0.0815. The summed E-state index contributed by atoms with van der Waals surface area (Å²) in [4.78, 5) is 44.4. The summed E-state index contributed by atoms with van der Waals surface area (Å²) in [6.45, 7) is 7.46. The molecule has 0 saturated carbocycles. The number of rotatable bonds is 7. The van der Waals surface area contributed by atoms with E-state index in [1.807, 2.05) is 58.0 Å². The molecule has 1 aliphatic rings. The average molecular weight is 677 g/mol. The van der Waals surface area contributed by atoms with Crippen molar-refractivity contribution in [3.8, 4) is 5.75 Å². The van der Waals surface area contributed by atoms with Gasteiger partial charge in [-0.3, -0.25) is 14.4 Å². The molecule has 0 fully saturated rings. The van der Waals surface area contributed by atoms with Crippen LogP contribution in [0.25, 0.3) is 0 Å². The lowest BCUT2D eigenvalue weighted by molar-refractivity contribution is -0.118. The van der Waals surface area contributed by atoms with Crippen LogP contribution in [0.4, 0.5) is 17.1 Å². The van der Waals surface area contributed by atoms with Crippen molar-refractivity contribution in [2.24, 2.45) is 10.1 Å². The molecular formula is C34H28Cl3N5O4. The smallest absolute Gasteiger partial charge is 0.301 e. The van der Waals surface area contributed by atoms with Crippen molar-refractivity contribution in [1.29, 1.82) is 0 Å². The summed E-state index contributed by atoms with van der Waals surface area (Å²) in [6.07, 6.45) is 0. The largest absolute Gasteiger partial charge is 0.483 e. The Kier molecular flexibility index (Phi) is 9.76. The van der Waals surface area contributed by atoms with Gasteiger partial charge in [-0.2, -0.15) is 5.01 Å². The lowest BCUT2D eigenvalue weighted by Crippen LogP contribution is -2.37. The summed E-state index contributed by atoms with van der Waals surface area (Å²) >= 11 is 18.9. The summed E-state index contributed by atoms with van der Waals surface area (Å²) < 4.78 is 5.66. The lowest BCUT2D eigenvalue weighted by Gasteiger charge is -2.15. The van der Waals surface area contributed by atoms with E-state index in [2.05, 4.69) is 20.7 Å². The van der Waals surface area contributed by atoms with Gasteiger partial charge in [0.25, 0.3) is 11.8 Å². The first-order valence-corrected chi connectivity index (χ1v) is 15.2. The van der Waals surface area contributed by atoms with Crippen LogP contribution in [-0.4, -0.2) is 35.9 Å². The number of hydrazone groups is 1. The second-order valence-electron chi connectivity index (χ2n) is 10.7. The van der Waals surface area contributed by atoms with Crippen LogP contribution in [0.1, 0.15) is 32.6 Å². The van der Waals surface area contributed by atoms with E-state index in [0.29, 0.717) is 17.1 Å². The molecule has 0 unspecified atom stereocenters. The van der Waals surface area contributed by atoms with Gasteiger partial charge < -0.3 is 15.4 Å². The topological polar surface area (TPSA) is 112 Å². The van der Waals surface area contributed by atoms with Crippen molar-refractivity contribution >= 4 is 81.1 Å². The zero-order valence-electron chi connectivity index (χ0n) is 25.2.